The van der Waals surface area contributed by atoms with E-state index >= 15 is 0 Å². The second-order valence-electron chi connectivity index (χ2n) is 5.73. The summed E-state index contributed by atoms with van der Waals surface area (Å²) in [5.41, 5.74) is 1.22. The highest BCUT2D eigenvalue weighted by Crippen LogP contribution is 2.23. The van der Waals surface area contributed by atoms with Crippen LogP contribution >= 0.6 is 22.7 Å². The molecule has 2 aromatic rings. The van der Waals surface area contributed by atoms with Crippen LogP contribution < -0.4 is 5.32 Å². The topological polar surface area (TPSA) is 42.0 Å². The van der Waals surface area contributed by atoms with Crippen LogP contribution in [0.2, 0.25) is 0 Å². The van der Waals surface area contributed by atoms with E-state index in [1.807, 2.05) is 17.5 Å². The Kier molecular flexibility index (Phi) is 4.94. The molecular formula is C15H20N2OS2. The predicted molar refractivity (Wildman–Crippen MR) is 85.6 cm³/mol. The van der Waals surface area contributed by atoms with Crippen LogP contribution in [-0.2, 0) is 23.1 Å². The number of hydrogen-bond donors (Lipinski definition) is 1. The van der Waals surface area contributed by atoms with Crippen molar-refractivity contribution in [1.29, 1.82) is 0 Å². The van der Waals surface area contributed by atoms with Gasteiger partial charge in [0.2, 0.25) is 5.91 Å². The molecule has 0 radical (unpaired) electrons. The summed E-state index contributed by atoms with van der Waals surface area (Å²) in [5.74, 6) is 0.0834. The first-order valence-electron chi connectivity index (χ1n) is 6.69. The van der Waals surface area contributed by atoms with Gasteiger partial charge in [-0.3, -0.25) is 4.79 Å². The van der Waals surface area contributed by atoms with Crippen molar-refractivity contribution in [3.8, 4) is 0 Å². The third kappa shape index (κ3) is 4.42. The molecule has 2 heterocycles. The van der Waals surface area contributed by atoms with Crippen LogP contribution in [0.1, 0.15) is 36.3 Å². The van der Waals surface area contributed by atoms with Gasteiger partial charge in [0.05, 0.1) is 17.1 Å². The molecule has 0 aliphatic carbocycles. The molecule has 0 fully saturated rings. The van der Waals surface area contributed by atoms with Gasteiger partial charge in [-0.1, -0.05) is 26.8 Å². The number of nitrogens with one attached hydrogen (secondary N) is 1. The molecule has 0 aliphatic rings. The molecule has 0 saturated carbocycles. The third-order valence-corrected chi connectivity index (χ3v) is 4.68. The molecular weight excluding hydrogens is 288 g/mol. The zero-order chi connectivity index (χ0) is 14.6. The smallest absolute Gasteiger partial charge is 0.225 e. The quantitative estimate of drug-likeness (QED) is 0.920. The summed E-state index contributed by atoms with van der Waals surface area (Å²) >= 11 is 3.29. The molecule has 0 spiro atoms. The Bertz CT molecular complexity index is 553. The van der Waals surface area contributed by atoms with Crippen LogP contribution in [0.25, 0.3) is 0 Å². The van der Waals surface area contributed by atoms with Crippen molar-refractivity contribution in [2.75, 3.05) is 6.54 Å². The SMILES string of the molecule is CC(C)(C)c1csc(CCNC(=O)Cc2cccs2)n1. The Morgan fingerprint density at radius 2 is 2.15 bits per heavy atom. The van der Waals surface area contributed by atoms with Gasteiger partial charge in [-0.05, 0) is 11.4 Å². The molecule has 0 unspecified atom stereocenters. The lowest BCUT2D eigenvalue weighted by atomic mass is 9.93. The molecule has 1 N–H and O–H groups in total. The van der Waals surface area contributed by atoms with Gasteiger partial charge in [0.15, 0.2) is 0 Å². The summed E-state index contributed by atoms with van der Waals surface area (Å²) < 4.78 is 0. The number of carbonyl (C=O) groups excluding carboxylic acids is 1. The van der Waals surface area contributed by atoms with E-state index in [4.69, 9.17) is 0 Å². The van der Waals surface area contributed by atoms with Crippen molar-refractivity contribution >= 4 is 28.6 Å². The summed E-state index contributed by atoms with van der Waals surface area (Å²) in [6.45, 7) is 7.14. The number of hydrogen-bond acceptors (Lipinski definition) is 4. The van der Waals surface area contributed by atoms with E-state index < -0.39 is 0 Å². The van der Waals surface area contributed by atoms with E-state index in [9.17, 15) is 4.79 Å². The van der Waals surface area contributed by atoms with Crippen molar-refractivity contribution in [3.05, 3.63) is 38.5 Å². The molecule has 0 saturated heterocycles. The zero-order valence-electron chi connectivity index (χ0n) is 12.1. The minimum Gasteiger partial charge on any atom is -0.355 e. The number of amides is 1. The number of carbonyl (C=O) groups is 1. The van der Waals surface area contributed by atoms with Gasteiger partial charge >= 0.3 is 0 Å². The average molecular weight is 308 g/mol. The second-order valence-corrected chi connectivity index (χ2v) is 7.71. The molecule has 2 aromatic heterocycles. The molecule has 2 rings (SSSR count). The molecule has 108 valence electrons. The van der Waals surface area contributed by atoms with Crippen LogP contribution in [0, 0.1) is 0 Å². The van der Waals surface area contributed by atoms with Gasteiger partial charge < -0.3 is 5.32 Å². The number of rotatable bonds is 5. The highest BCUT2D eigenvalue weighted by atomic mass is 32.1. The number of aromatic nitrogens is 1. The van der Waals surface area contributed by atoms with E-state index in [0.717, 1.165) is 22.0 Å². The van der Waals surface area contributed by atoms with Crippen LogP contribution in [-0.4, -0.2) is 17.4 Å². The van der Waals surface area contributed by atoms with Crippen molar-refractivity contribution in [2.45, 2.75) is 39.0 Å². The third-order valence-electron chi connectivity index (χ3n) is 2.90. The fourth-order valence-electron chi connectivity index (χ4n) is 1.71. The normalized spacial score (nSPS) is 11.6. The lowest BCUT2D eigenvalue weighted by Crippen LogP contribution is -2.27. The standard InChI is InChI=1S/C15H20N2OS2/c1-15(2,3)12-10-20-14(17-12)6-7-16-13(18)9-11-5-4-8-19-11/h4-5,8,10H,6-7,9H2,1-3H3,(H,16,18). The maximum absolute atomic E-state index is 11.7. The fraction of sp³-hybridized carbons (Fsp3) is 0.467. The second kappa shape index (κ2) is 6.50. The Hall–Kier alpha value is -1.20. The molecule has 20 heavy (non-hydrogen) atoms. The summed E-state index contributed by atoms with van der Waals surface area (Å²) in [5, 5.41) is 8.15. The zero-order valence-corrected chi connectivity index (χ0v) is 13.7. The Morgan fingerprint density at radius 3 is 2.75 bits per heavy atom. The summed E-state index contributed by atoms with van der Waals surface area (Å²) in [7, 11) is 0. The average Bonchev–Trinajstić information content (AvgIpc) is 2.98. The fourth-order valence-corrected chi connectivity index (χ4v) is 3.44. The summed E-state index contributed by atoms with van der Waals surface area (Å²) in [6.07, 6.45) is 1.28. The van der Waals surface area contributed by atoms with Gasteiger partial charge in [-0.15, -0.1) is 22.7 Å². The highest BCUT2D eigenvalue weighted by Gasteiger charge is 2.17. The van der Waals surface area contributed by atoms with E-state index in [1.54, 1.807) is 22.7 Å². The Morgan fingerprint density at radius 1 is 1.35 bits per heavy atom. The first-order valence-corrected chi connectivity index (χ1v) is 8.45. The van der Waals surface area contributed by atoms with Crippen molar-refractivity contribution in [1.82, 2.24) is 10.3 Å². The first kappa shape index (κ1) is 15.2. The molecule has 3 nitrogen and oxygen atoms in total. The van der Waals surface area contributed by atoms with Crippen LogP contribution in [0.5, 0.6) is 0 Å². The summed E-state index contributed by atoms with van der Waals surface area (Å²) in [6, 6.07) is 3.96. The molecule has 1 amide bonds. The molecule has 0 aliphatic heterocycles. The van der Waals surface area contributed by atoms with E-state index in [-0.39, 0.29) is 11.3 Å². The monoisotopic (exact) mass is 308 g/mol. The van der Waals surface area contributed by atoms with Crippen molar-refractivity contribution in [3.63, 3.8) is 0 Å². The van der Waals surface area contributed by atoms with Crippen molar-refractivity contribution < 1.29 is 4.79 Å². The van der Waals surface area contributed by atoms with Gasteiger partial charge in [0, 0.05) is 28.6 Å². The lowest BCUT2D eigenvalue weighted by molar-refractivity contribution is -0.120. The largest absolute Gasteiger partial charge is 0.355 e. The van der Waals surface area contributed by atoms with Gasteiger partial charge in [-0.2, -0.15) is 0 Å². The predicted octanol–water partition coefficient (Wildman–Crippen LogP) is 3.40. The van der Waals surface area contributed by atoms with E-state index in [2.05, 4.69) is 36.5 Å². The Balaban J connectivity index is 1.75. The maximum Gasteiger partial charge on any atom is 0.225 e. The van der Waals surface area contributed by atoms with E-state index in [0.29, 0.717) is 13.0 Å². The maximum atomic E-state index is 11.7. The summed E-state index contributed by atoms with van der Waals surface area (Å²) in [4.78, 5) is 17.5. The lowest BCUT2D eigenvalue weighted by Gasteiger charge is -2.14. The van der Waals surface area contributed by atoms with Crippen LogP contribution in [0.3, 0.4) is 0 Å². The number of thiophene rings is 1. The minimum absolute atomic E-state index is 0.0834. The van der Waals surface area contributed by atoms with Gasteiger partial charge in [-0.25, -0.2) is 4.98 Å². The highest BCUT2D eigenvalue weighted by molar-refractivity contribution is 7.10. The van der Waals surface area contributed by atoms with E-state index in [1.165, 1.54) is 0 Å². The first-order chi connectivity index (χ1) is 9.45. The molecule has 5 heteroatoms. The van der Waals surface area contributed by atoms with Crippen LogP contribution in [0.4, 0.5) is 0 Å². The number of thiazole rings is 1. The van der Waals surface area contributed by atoms with Crippen LogP contribution in [0.15, 0.2) is 22.9 Å². The molecule has 0 atom stereocenters. The van der Waals surface area contributed by atoms with Gasteiger partial charge in [0.1, 0.15) is 0 Å². The minimum atomic E-state index is 0.0834. The molecule has 0 bridgehead atoms. The Labute approximate surface area is 128 Å². The number of nitrogens with zero attached hydrogens (tertiary/aromatic N) is 1. The van der Waals surface area contributed by atoms with Gasteiger partial charge in [0.25, 0.3) is 0 Å². The molecule has 0 aromatic carbocycles. The van der Waals surface area contributed by atoms with Crippen molar-refractivity contribution in [2.24, 2.45) is 0 Å².